The molecule has 0 radical (unpaired) electrons. The molecule has 2 rings (SSSR count). The van der Waals surface area contributed by atoms with E-state index in [1.807, 2.05) is 23.9 Å². The highest BCUT2D eigenvalue weighted by molar-refractivity contribution is 7.99. The van der Waals surface area contributed by atoms with E-state index in [1.165, 1.54) is 49.5 Å². The van der Waals surface area contributed by atoms with Crippen molar-refractivity contribution in [2.75, 3.05) is 25.4 Å². The van der Waals surface area contributed by atoms with Crippen LogP contribution in [0.5, 0.6) is 5.75 Å². The molecule has 0 saturated carbocycles. The lowest BCUT2D eigenvalue weighted by atomic mass is 10.3. The molecule has 1 aromatic carbocycles. The van der Waals surface area contributed by atoms with Crippen LogP contribution in [0, 0.1) is 0 Å². The molecular formula is C13H19NOS. The summed E-state index contributed by atoms with van der Waals surface area (Å²) in [5.74, 6) is 1.52. The highest BCUT2D eigenvalue weighted by atomic mass is 32.2. The van der Waals surface area contributed by atoms with Crippen LogP contribution in [-0.2, 0) is 0 Å². The average molecular weight is 237 g/mol. The smallest absolute Gasteiger partial charge is 0.115 e. The zero-order chi connectivity index (χ0) is 11.2. The van der Waals surface area contributed by atoms with Gasteiger partial charge in [0, 0.05) is 4.90 Å². The SMILES string of the molecule is Oc1ccc(SCCCN2CCCC2)cc1. The van der Waals surface area contributed by atoms with E-state index in [0.29, 0.717) is 5.75 Å². The van der Waals surface area contributed by atoms with Crippen LogP contribution >= 0.6 is 11.8 Å². The van der Waals surface area contributed by atoms with Crippen molar-refractivity contribution in [2.24, 2.45) is 0 Å². The van der Waals surface area contributed by atoms with Gasteiger partial charge in [-0.05, 0) is 68.9 Å². The number of phenolic OH excluding ortho intramolecular Hbond substituents is 1. The van der Waals surface area contributed by atoms with E-state index in [0.717, 1.165) is 0 Å². The molecule has 16 heavy (non-hydrogen) atoms. The van der Waals surface area contributed by atoms with Crippen LogP contribution in [0.1, 0.15) is 19.3 Å². The van der Waals surface area contributed by atoms with Crippen molar-refractivity contribution < 1.29 is 5.11 Å². The van der Waals surface area contributed by atoms with E-state index in [4.69, 9.17) is 5.11 Å². The quantitative estimate of drug-likeness (QED) is 0.629. The first-order valence-corrected chi connectivity index (χ1v) is 6.97. The van der Waals surface area contributed by atoms with Crippen LogP contribution in [0.25, 0.3) is 0 Å². The molecule has 0 unspecified atom stereocenters. The Morgan fingerprint density at radius 3 is 2.50 bits per heavy atom. The summed E-state index contributed by atoms with van der Waals surface area (Å²) in [5, 5.41) is 9.16. The second kappa shape index (κ2) is 6.16. The van der Waals surface area contributed by atoms with Crippen molar-refractivity contribution in [3.63, 3.8) is 0 Å². The predicted octanol–water partition coefficient (Wildman–Crippen LogP) is 2.97. The first-order valence-electron chi connectivity index (χ1n) is 5.99. The summed E-state index contributed by atoms with van der Waals surface area (Å²) in [6.45, 7) is 3.83. The summed E-state index contributed by atoms with van der Waals surface area (Å²) in [6, 6.07) is 7.47. The third-order valence-electron chi connectivity index (χ3n) is 2.92. The normalized spacial score (nSPS) is 16.8. The summed E-state index contributed by atoms with van der Waals surface area (Å²) in [5.41, 5.74) is 0. The number of hydrogen-bond donors (Lipinski definition) is 1. The lowest BCUT2D eigenvalue weighted by Gasteiger charge is -2.13. The number of benzene rings is 1. The van der Waals surface area contributed by atoms with Gasteiger partial charge in [-0.25, -0.2) is 0 Å². The summed E-state index contributed by atoms with van der Waals surface area (Å²) < 4.78 is 0. The van der Waals surface area contributed by atoms with Crippen LogP contribution in [-0.4, -0.2) is 35.4 Å². The molecule has 1 heterocycles. The van der Waals surface area contributed by atoms with Crippen LogP contribution in [0.2, 0.25) is 0 Å². The minimum absolute atomic E-state index is 0.349. The fourth-order valence-electron chi connectivity index (χ4n) is 2.03. The van der Waals surface area contributed by atoms with E-state index in [2.05, 4.69) is 4.90 Å². The minimum Gasteiger partial charge on any atom is -0.508 e. The van der Waals surface area contributed by atoms with Crippen molar-refractivity contribution in [3.8, 4) is 5.75 Å². The third-order valence-corrected chi connectivity index (χ3v) is 4.02. The second-order valence-electron chi connectivity index (χ2n) is 4.24. The second-order valence-corrected chi connectivity index (χ2v) is 5.41. The molecule has 1 fully saturated rings. The maximum Gasteiger partial charge on any atom is 0.115 e. The molecule has 1 aliphatic rings. The molecule has 0 amide bonds. The van der Waals surface area contributed by atoms with Gasteiger partial charge < -0.3 is 10.0 Å². The van der Waals surface area contributed by atoms with Gasteiger partial charge in [-0.3, -0.25) is 0 Å². The molecule has 0 aliphatic carbocycles. The predicted molar refractivity (Wildman–Crippen MR) is 69.1 cm³/mol. The van der Waals surface area contributed by atoms with Gasteiger partial charge >= 0.3 is 0 Å². The van der Waals surface area contributed by atoms with Crippen molar-refractivity contribution in [1.82, 2.24) is 4.90 Å². The summed E-state index contributed by atoms with van der Waals surface area (Å²) in [7, 11) is 0. The van der Waals surface area contributed by atoms with Gasteiger partial charge in [0.2, 0.25) is 0 Å². The molecule has 0 aromatic heterocycles. The molecular weight excluding hydrogens is 218 g/mol. The summed E-state index contributed by atoms with van der Waals surface area (Å²) in [6.07, 6.45) is 4.02. The minimum atomic E-state index is 0.349. The fraction of sp³-hybridized carbons (Fsp3) is 0.538. The maximum absolute atomic E-state index is 9.16. The number of rotatable bonds is 5. The van der Waals surface area contributed by atoms with Gasteiger partial charge in [-0.1, -0.05) is 0 Å². The molecule has 88 valence electrons. The van der Waals surface area contributed by atoms with Crippen molar-refractivity contribution in [3.05, 3.63) is 24.3 Å². The van der Waals surface area contributed by atoms with Gasteiger partial charge in [0.1, 0.15) is 5.75 Å². The Bertz CT molecular complexity index is 306. The number of phenols is 1. The van der Waals surface area contributed by atoms with Crippen LogP contribution in [0.3, 0.4) is 0 Å². The zero-order valence-electron chi connectivity index (χ0n) is 9.56. The van der Waals surface area contributed by atoms with Crippen molar-refractivity contribution in [2.45, 2.75) is 24.2 Å². The van der Waals surface area contributed by atoms with E-state index in [1.54, 1.807) is 12.1 Å². The molecule has 3 heteroatoms. The van der Waals surface area contributed by atoms with Crippen LogP contribution < -0.4 is 0 Å². The maximum atomic E-state index is 9.16. The molecule has 0 atom stereocenters. The van der Waals surface area contributed by atoms with Crippen molar-refractivity contribution in [1.29, 1.82) is 0 Å². The monoisotopic (exact) mass is 237 g/mol. The van der Waals surface area contributed by atoms with Crippen LogP contribution in [0.4, 0.5) is 0 Å². The summed E-state index contributed by atoms with van der Waals surface area (Å²) in [4.78, 5) is 3.80. The Balaban J connectivity index is 1.62. The third kappa shape index (κ3) is 3.72. The molecule has 1 N–H and O–H groups in total. The molecule has 0 bridgehead atoms. The molecule has 2 nitrogen and oxygen atoms in total. The Hall–Kier alpha value is -0.670. The topological polar surface area (TPSA) is 23.5 Å². The first-order chi connectivity index (χ1) is 7.84. The zero-order valence-corrected chi connectivity index (χ0v) is 10.4. The number of aromatic hydroxyl groups is 1. The van der Waals surface area contributed by atoms with Gasteiger partial charge in [-0.2, -0.15) is 0 Å². The largest absolute Gasteiger partial charge is 0.508 e. The van der Waals surface area contributed by atoms with Gasteiger partial charge in [0.25, 0.3) is 0 Å². The molecule has 1 saturated heterocycles. The Kier molecular flexibility index (Phi) is 4.55. The average Bonchev–Trinajstić information content (AvgIpc) is 2.80. The molecule has 0 spiro atoms. The number of nitrogens with zero attached hydrogens (tertiary/aromatic N) is 1. The number of thioether (sulfide) groups is 1. The van der Waals surface area contributed by atoms with E-state index < -0.39 is 0 Å². The van der Waals surface area contributed by atoms with Crippen LogP contribution in [0.15, 0.2) is 29.2 Å². The highest BCUT2D eigenvalue weighted by Gasteiger charge is 2.09. The van der Waals surface area contributed by atoms with Gasteiger partial charge in [0.15, 0.2) is 0 Å². The Morgan fingerprint density at radius 2 is 1.81 bits per heavy atom. The van der Waals surface area contributed by atoms with E-state index >= 15 is 0 Å². The van der Waals surface area contributed by atoms with E-state index in [9.17, 15) is 0 Å². The fourth-order valence-corrected chi connectivity index (χ4v) is 2.86. The standard InChI is InChI=1S/C13H19NOS/c15-12-4-6-13(7-5-12)16-11-3-10-14-8-1-2-9-14/h4-7,15H,1-3,8-11H2. The number of hydrogen-bond acceptors (Lipinski definition) is 3. The molecule has 1 aliphatic heterocycles. The highest BCUT2D eigenvalue weighted by Crippen LogP contribution is 2.21. The lowest BCUT2D eigenvalue weighted by molar-refractivity contribution is 0.341. The van der Waals surface area contributed by atoms with Gasteiger partial charge in [-0.15, -0.1) is 11.8 Å². The lowest BCUT2D eigenvalue weighted by Crippen LogP contribution is -2.20. The number of likely N-dealkylation sites (tertiary alicyclic amines) is 1. The van der Waals surface area contributed by atoms with E-state index in [-0.39, 0.29) is 0 Å². The summed E-state index contributed by atoms with van der Waals surface area (Å²) >= 11 is 1.87. The first kappa shape index (κ1) is 11.8. The Morgan fingerprint density at radius 1 is 1.12 bits per heavy atom. The van der Waals surface area contributed by atoms with Crippen molar-refractivity contribution >= 4 is 11.8 Å². The molecule has 1 aromatic rings. The Labute approximate surface area is 102 Å². The van der Waals surface area contributed by atoms with Gasteiger partial charge in [0.05, 0.1) is 0 Å².